The Labute approximate surface area is 91.1 Å². The van der Waals surface area contributed by atoms with Gasteiger partial charge in [-0.1, -0.05) is 17.4 Å². The van der Waals surface area contributed by atoms with Crippen LogP contribution in [0.25, 0.3) is 10.6 Å². The number of hydrogen-bond acceptors (Lipinski definition) is 4. The SMILES string of the molecule is C=CCn1nnc(C#N)c1-c1cccs1. The van der Waals surface area contributed by atoms with Crippen molar-refractivity contribution in [1.29, 1.82) is 5.26 Å². The minimum atomic E-state index is 0.360. The molecule has 0 aromatic carbocycles. The third-order valence-corrected chi connectivity index (χ3v) is 2.77. The van der Waals surface area contributed by atoms with Crippen molar-refractivity contribution in [2.45, 2.75) is 6.54 Å². The van der Waals surface area contributed by atoms with Gasteiger partial charge in [-0.15, -0.1) is 23.0 Å². The molecule has 15 heavy (non-hydrogen) atoms. The molecule has 2 heterocycles. The van der Waals surface area contributed by atoms with E-state index in [1.807, 2.05) is 23.6 Å². The lowest BCUT2D eigenvalue weighted by molar-refractivity contribution is 0.669. The first-order valence-electron chi connectivity index (χ1n) is 4.35. The second kappa shape index (κ2) is 4.07. The number of rotatable bonds is 3. The summed E-state index contributed by atoms with van der Waals surface area (Å²) in [7, 11) is 0. The molecule has 0 saturated carbocycles. The van der Waals surface area contributed by atoms with Crippen LogP contribution in [0.15, 0.2) is 30.2 Å². The molecule has 4 nitrogen and oxygen atoms in total. The van der Waals surface area contributed by atoms with E-state index in [1.54, 1.807) is 22.1 Å². The number of hydrogen-bond donors (Lipinski definition) is 0. The fraction of sp³-hybridized carbons (Fsp3) is 0.100. The zero-order valence-electron chi connectivity index (χ0n) is 7.92. The molecule has 2 aromatic rings. The van der Waals surface area contributed by atoms with Gasteiger partial charge in [0.05, 0.1) is 11.4 Å². The monoisotopic (exact) mass is 216 g/mol. The predicted octanol–water partition coefficient (Wildman–Crippen LogP) is 2.06. The highest BCUT2D eigenvalue weighted by Crippen LogP contribution is 2.26. The smallest absolute Gasteiger partial charge is 0.191 e. The molecular weight excluding hydrogens is 208 g/mol. The maximum absolute atomic E-state index is 8.91. The maximum atomic E-state index is 8.91. The van der Waals surface area contributed by atoms with E-state index in [0.29, 0.717) is 12.2 Å². The van der Waals surface area contributed by atoms with E-state index in [1.165, 1.54) is 0 Å². The lowest BCUT2D eigenvalue weighted by Gasteiger charge is -2.00. The van der Waals surface area contributed by atoms with Crippen LogP contribution in [-0.2, 0) is 6.54 Å². The third kappa shape index (κ3) is 1.67. The molecule has 0 N–H and O–H groups in total. The summed E-state index contributed by atoms with van der Waals surface area (Å²) in [6.45, 7) is 4.20. The van der Waals surface area contributed by atoms with Crippen molar-refractivity contribution < 1.29 is 0 Å². The van der Waals surface area contributed by atoms with Gasteiger partial charge in [-0.05, 0) is 11.4 Å². The number of allylic oxidation sites excluding steroid dienone is 1. The molecule has 2 rings (SSSR count). The zero-order chi connectivity index (χ0) is 10.7. The second-order valence-corrected chi connectivity index (χ2v) is 3.79. The summed E-state index contributed by atoms with van der Waals surface area (Å²) < 4.78 is 1.68. The van der Waals surface area contributed by atoms with Crippen LogP contribution >= 0.6 is 11.3 Å². The van der Waals surface area contributed by atoms with Gasteiger partial charge in [-0.25, -0.2) is 4.68 Å². The quantitative estimate of drug-likeness (QED) is 0.738. The number of nitriles is 1. The van der Waals surface area contributed by atoms with Crippen LogP contribution in [0.2, 0.25) is 0 Å². The van der Waals surface area contributed by atoms with E-state index in [-0.39, 0.29) is 0 Å². The Morgan fingerprint density at radius 1 is 1.67 bits per heavy atom. The van der Waals surface area contributed by atoms with Crippen LogP contribution in [0.4, 0.5) is 0 Å². The standard InChI is InChI=1S/C10H8N4S/c1-2-5-14-10(8(7-11)12-13-14)9-4-3-6-15-9/h2-4,6H,1,5H2. The molecule has 0 aliphatic carbocycles. The van der Waals surface area contributed by atoms with E-state index in [2.05, 4.69) is 16.9 Å². The van der Waals surface area contributed by atoms with Crippen molar-refractivity contribution in [2.24, 2.45) is 0 Å². The molecule has 5 heteroatoms. The first-order chi connectivity index (χ1) is 7.36. The molecule has 0 aliphatic heterocycles. The largest absolute Gasteiger partial charge is 0.239 e. The van der Waals surface area contributed by atoms with Crippen LogP contribution in [-0.4, -0.2) is 15.0 Å². The maximum Gasteiger partial charge on any atom is 0.191 e. The number of nitrogens with zero attached hydrogens (tertiary/aromatic N) is 4. The average Bonchev–Trinajstić information content (AvgIpc) is 2.85. The van der Waals surface area contributed by atoms with Gasteiger partial charge < -0.3 is 0 Å². The summed E-state index contributed by atoms with van der Waals surface area (Å²) in [6.07, 6.45) is 1.73. The molecule has 0 unspecified atom stereocenters. The van der Waals surface area contributed by atoms with E-state index < -0.39 is 0 Å². The van der Waals surface area contributed by atoms with Gasteiger partial charge in [0, 0.05) is 0 Å². The predicted molar refractivity (Wildman–Crippen MR) is 58.2 cm³/mol. The summed E-state index contributed by atoms with van der Waals surface area (Å²) in [4.78, 5) is 0.999. The third-order valence-electron chi connectivity index (χ3n) is 1.90. The fourth-order valence-electron chi connectivity index (χ4n) is 1.30. The minimum absolute atomic E-state index is 0.360. The minimum Gasteiger partial charge on any atom is -0.239 e. The summed E-state index contributed by atoms with van der Waals surface area (Å²) in [5, 5.41) is 18.6. The van der Waals surface area contributed by atoms with Gasteiger partial charge in [0.15, 0.2) is 5.69 Å². The van der Waals surface area contributed by atoms with Gasteiger partial charge in [0.2, 0.25) is 0 Å². The molecule has 0 aliphatic rings. The Kier molecular flexibility index (Phi) is 2.61. The van der Waals surface area contributed by atoms with Crippen molar-refractivity contribution in [3.8, 4) is 16.6 Å². The van der Waals surface area contributed by atoms with Crippen LogP contribution < -0.4 is 0 Å². The zero-order valence-corrected chi connectivity index (χ0v) is 8.74. The Hall–Kier alpha value is -1.93. The van der Waals surface area contributed by atoms with E-state index in [4.69, 9.17) is 5.26 Å². The molecule has 0 bridgehead atoms. The molecule has 0 atom stereocenters. The summed E-state index contributed by atoms with van der Waals surface area (Å²) >= 11 is 1.56. The Balaban J connectivity index is 2.56. The summed E-state index contributed by atoms with van der Waals surface area (Å²) in [5.41, 5.74) is 1.13. The average molecular weight is 216 g/mol. The molecule has 0 radical (unpaired) electrons. The fourth-order valence-corrected chi connectivity index (χ4v) is 2.07. The topological polar surface area (TPSA) is 54.5 Å². The van der Waals surface area contributed by atoms with Gasteiger partial charge in [0.25, 0.3) is 0 Å². The van der Waals surface area contributed by atoms with Crippen LogP contribution in [0.3, 0.4) is 0 Å². The lowest BCUT2D eigenvalue weighted by atomic mass is 10.3. The highest BCUT2D eigenvalue weighted by Gasteiger charge is 2.14. The number of aromatic nitrogens is 3. The summed E-state index contributed by atoms with van der Waals surface area (Å²) in [5.74, 6) is 0. The van der Waals surface area contributed by atoms with Gasteiger partial charge in [0.1, 0.15) is 11.8 Å². The highest BCUT2D eigenvalue weighted by atomic mass is 32.1. The molecule has 0 amide bonds. The van der Waals surface area contributed by atoms with Crippen LogP contribution in [0.5, 0.6) is 0 Å². The van der Waals surface area contributed by atoms with Gasteiger partial charge in [-0.3, -0.25) is 0 Å². The van der Waals surface area contributed by atoms with Crippen molar-refractivity contribution >= 4 is 11.3 Å². The van der Waals surface area contributed by atoms with Crippen molar-refractivity contribution in [3.05, 3.63) is 35.9 Å². The molecule has 0 saturated heterocycles. The van der Waals surface area contributed by atoms with Crippen LogP contribution in [0.1, 0.15) is 5.69 Å². The van der Waals surface area contributed by atoms with Gasteiger partial charge >= 0.3 is 0 Å². The Bertz CT molecular complexity index is 504. The van der Waals surface area contributed by atoms with Crippen molar-refractivity contribution in [2.75, 3.05) is 0 Å². The Morgan fingerprint density at radius 3 is 3.13 bits per heavy atom. The second-order valence-electron chi connectivity index (χ2n) is 2.85. The van der Waals surface area contributed by atoms with Crippen LogP contribution in [0, 0.1) is 11.3 Å². The van der Waals surface area contributed by atoms with E-state index >= 15 is 0 Å². The lowest BCUT2D eigenvalue weighted by Crippen LogP contribution is -1.99. The molecular formula is C10H8N4S. The van der Waals surface area contributed by atoms with Gasteiger partial charge in [-0.2, -0.15) is 5.26 Å². The molecule has 74 valence electrons. The normalized spacial score (nSPS) is 9.80. The molecule has 0 fully saturated rings. The summed E-state index contributed by atoms with van der Waals surface area (Å²) in [6, 6.07) is 5.93. The molecule has 0 spiro atoms. The first-order valence-corrected chi connectivity index (χ1v) is 5.23. The van der Waals surface area contributed by atoms with E-state index in [9.17, 15) is 0 Å². The first kappa shape index (κ1) is 9.62. The van der Waals surface area contributed by atoms with Crippen molar-refractivity contribution in [3.63, 3.8) is 0 Å². The van der Waals surface area contributed by atoms with Crippen molar-refractivity contribution in [1.82, 2.24) is 15.0 Å². The highest BCUT2D eigenvalue weighted by molar-refractivity contribution is 7.13. The van der Waals surface area contributed by atoms with E-state index in [0.717, 1.165) is 10.6 Å². The Morgan fingerprint density at radius 2 is 2.53 bits per heavy atom. The number of thiophene rings is 1. The molecule has 2 aromatic heterocycles.